The zero-order valence-corrected chi connectivity index (χ0v) is 12.3. The van der Waals surface area contributed by atoms with Gasteiger partial charge in [0.15, 0.2) is 5.96 Å². The first-order valence-electron chi connectivity index (χ1n) is 6.50. The minimum absolute atomic E-state index is 0.208. The van der Waals surface area contributed by atoms with Crippen molar-refractivity contribution in [2.75, 3.05) is 20.7 Å². The molecule has 21 heavy (non-hydrogen) atoms. The molecule has 0 aromatic heterocycles. The Labute approximate surface area is 122 Å². The van der Waals surface area contributed by atoms with Gasteiger partial charge in [-0.1, -0.05) is 12.1 Å². The first-order valence-corrected chi connectivity index (χ1v) is 6.50. The molecular weight excluding hydrogens is 283 g/mol. The molecular formula is C14H20F3N3O. The number of ether oxygens (including phenoxy) is 1. The number of benzene rings is 1. The molecule has 7 heteroatoms. The predicted octanol–water partition coefficient (Wildman–Crippen LogP) is 2.62. The maximum absolute atomic E-state index is 12.1. The van der Waals surface area contributed by atoms with Crippen molar-refractivity contribution >= 4 is 5.96 Å². The topological polar surface area (TPSA) is 45.7 Å². The Balaban J connectivity index is 2.48. The van der Waals surface area contributed by atoms with Gasteiger partial charge in [-0.3, -0.25) is 4.99 Å². The van der Waals surface area contributed by atoms with E-state index >= 15 is 0 Å². The molecule has 0 saturated carbocycles. The molecule has 2 N–H and O–H groups in total. The van der Waals surface area contributed by atoms with Crippen LogP contribution in [0.1, 0.15) is 17.5 Å². The Morgan fingerprint density at radius 1 is 1.29 bits per heavy atom. The van der Waals surface area contributed by atoms with Gasteiger partial charge in [-0.2, -0.15) is 13.2 Å². The molecule has 4 nitrogen and oxygen atoms in total. The Bertz CT molecular complexity index is 487. The van der Waals surface area contributed by atoms with E-state index in [1.807, 2.05) is 25.1 Å². The van der Waals surface area contributed by atoms with Crippen LogP contribution in [0.15, 0.2) is 23.2 Å². The van der Waals surface area contributed by atoms with Crippen molar-refractivity contribution in [2.45, 2.75) is 26.1 Å². The number of halogens is 3. The summed E-state index contributed by atoms with van der Waals surface area (Å²) in [5.74, 6) is 1.10. The van der Waals surface area contributed by atoms with E-state index in [9.17, 15) is 13.2 Å². The van der Waals surface area contributed by atoms with Crippen molar-refractivity contribution in [1.82, 2.24) is 10.6 Å². The van der Waals surface area contributed by atoms with Crippen molar-refractivity contribution in [2.24, 2.45) is 4.99 Å². The number of hydrogen-bond acceptors (Lipinski definition) is 2. The van der Waals surface area contributed by atoms with Crippen LogP contribution < -0.4 is 15.4 Å². The lowest BCUT2D eigenvalue weighted by Gasteiger charge is -2.13. The van der Waals surface area contributed by atoms with E-state index in [1.54, 1.807) is 7.11 Å². The molecule has 0 aliphatic heterocycles. The van der Waals surface area contributed by atoms with Gasteiger partial charge in [-0.15, -0.1) is 0 Å². The molecule has 0 bridgehead atoms. The maximum Gasteiger partial charge on any atom is 0.390 e. The van der Waals surface area contributed by atoms with Crippen molar-refractivity contribution in [3.8, 4) is 5.75 Å². The first kappa shape index (κ1) is 17.1. The number of hydrogen-bond donors (Lipinski definition) is 2. The summed E-state index contributed by atoms with van der Waals surface area (Å²) in [6.45, 7) is 2.18. The second-order valence-corrected chi connectivity index (χ2v) is 4.52. The van der Waals surface area contributed by atoms with Crippen LogP contribution in [0, 0.1) is 6.92 Å². The van der Waals surface area contributed by atoms with Crippen molar-refractivity contribution in [3.63, 3.8) is 0 Å². The molecule has 0 spiro atoms. The number of alkyl halides is 3. The monoisotopic (exact) mass is 303 g/mol. The average molecular weight is 303 g/mol. The minimum Gasteiger partial charge on any atom is -0.496 e. The summed E-state index contributed by atoms with van der Waals surface area (Å²) in [7, 11) is 3.11. The van der Waals surface area contributed by atoms with Crippen molar-refractivity contribution in [1.29, 1.82) is 0 Å². The highest BCUT2D eigenvalue weighted by molar-refractivity contribution is 5.79. The molecule has 0 saturated heterocycles. The van der Waals surface area contributed by atoms with Gasteiger partial charge in [0, 0.05) is 20.1 Å². The van der Waals surface area contributed by atoms with Gasteiger partial charge < -0.3 is 15.4 Å². The zero-order valence-electron chi connectivity index (χ0n) is 12.3. The molecule has 0 aliphatic rings. The van der Waals surface area contributed by atoms with E-state index in [2.05, 4.69) is 15.6 Å². The number of nitrogens with one attached hydrogen (secondary N) is 2. The van der Waals surface area contributed by atoms with Gasteiger partial charge >= 0.3 is 6.18 Å². The van der Waals surface area contributed by atoms with Crippen LogP contribution in [0.3, 0.4) is 0 Å². The summed E-state index contributed by atoms with van der Waals surface area (Å²) in [6.07, 6.45) is -5.07. The summed E-state index contributed by atoms with van der Waals surface area (Å²) in [5.41, 5.74) is 1.98. The van der Waals surface area contributed by atoms with Crippen LogP contribution >= 0.6 is 0 Å². The predicted molar refractivity (Wildman–Crippen MR) is 76.6 cm³/mol. The fourth-order valence-electron chi connectivity index (χ4n) is 1.70. The van der Waals surface area contributed by atoms with Gasteiger partial charge in [0.05, 0.1) is 13.5 Å². The normalized spacial score (nSPS) is 12.2. The lowest BCUT2D eigenvalue weighted by Crippen LogP contribution is -2.38. The molecule has 0 radical (unpaired) electrons. The summed E-state index contributed by atoms with van der Waals surface area (Å²) < 4.78 is 41.4. The van der Waals surface area contributed by atoms with Crippen molar-refractivity contribution < 1.29 is 17.9 Å². The molecule has 1 rings (SSSR count). The Morgan fingerprint density at radius 2 is 2.00 bits per heavy atom. The Morgan fingerprint density at radius 3 is 2.57 bits per heavy atom. The van der Waals surface area contributed by atoms with Crippen LogP contribution in [0.4, 0.5) is 13.2 Å². The van der Waals surface area contributed by atoms with E-state index in [-0.39, 0.29) is 6.54 Å². The Hall–Kier alpha value is -1.92. The summed E-state index contributed by atoms with van der Waals surface area (Å²) in [4.78, 5) is 3.88. The second kappa shape index (κ2) is 7.75. The molecule has 0 amide bonds. The molecule has 0 atom stereocenters. The third kappa shape index (κ3) is 6.37. The fraction of sp³-hybridized carbons (Fsp3) is 0.500. The largest absolute Gasteiger partial charge is 0.496 e. The number of nitrogens with zero attached hydrogens (tertiary/aromatic N) is 1. The average Bonchev–Trinajstić information content (AvgIpc) is 2.42. The number of aryl methyl sites for hydroxylation is 1. The lowest BCUT2D eigenvalue weighted by atomic mass is 10.1. The first-order chi connectivity index (χ1) is 9.85. The van der Waals surface area contributed by atoms with Gasteiger partial charge in [-0.05, 0) is 24.1 Å². The van der Waals surface area contributed by atoms with Crippen LogP contribution in [0.2, 0.25) is 0 Å². The number of rotatable bonds is 5. The van der Waals surface area contributed by atoms with E-state index in [0.717, 1.165) is 16.9 Å². The summed E-state index contributed by atoms with van der Waals surface area (Å²) >= 11 is 0. The van der Waals surface area contributed by atoms with E-state index in [4.69, 9.17) is 4.74 Å². The second-order valence-electron chi connectivity index (χ2n) is 4.52. The fourth-order valence-corrected chi connectivity index (χ4v) is 1.70. The Kier molecular flexibility index (Phi) is 6.33. The highest BCUT2D eigenvalue weighted by Crippen LogP contribution is 2.19. The molecule has 0 unspecified atom stereocenters. The van der Waals surface area contributed by atoms with Crippen molar-refractivity contribution in [3.05, 3.63) is 29.3 Å². The molecule has 0 heterocycles. The third-order valence-corrected chi connectivity index (χ3v) is 2.86. The van der Waals surface area contributed by atoms with E-state index in [1.165, 1.54) is 7.05 Å². The quantitative estimate of drug-likeness (QED) is 0.649. The lowest BCUT2D eigenvalue weighted by molar-refractivity contribution is -0.132. The third-order valence-electron chi connectivity index (χ3n) is 2.86. The van der Waals surface area contributed by atoms with Crippen LogP contribution in [0.25, 0.3) is 0 Å². The van der Waals surface area contributed by atoms with Crippen LogP contribution in [-0.2, 0) is 6.54 Å². The molecule has 1 aromatic carbocycles. The summed E-state index contributed by atoms with van der Waals surface area (Å²) in [6, 6.07) is 5.73. The highest BCUT2D eigenvalue weighted by atomic mass is 19.4. The van der Waals surface area contributed by atoms with Gasteiger partial charge in [0.1, 0.15) is 5.75 Å². The number of methoxy groups -OCH3 is 1. The standard InChI is InChI=1S/C14H20F3N3O/c1-10-4-5-11(8-12(10)21-3)9-20-13(18-2)19-7-6-14(15,16)17/h4-5,8H,6-7,9H2,1-3H3,(H2,18,19,20). The maximum atomic E-state index is 12.1. The highest BCUT2D eigenvalue weighted by Gasteiger charge is 2.26. The molecule has 118 valence electrons. The van der Waals surface area contributed by atoms with E-state index < -0.39 is 12.6 Å². The molecule has 0 aliphatic carbocycles. The number of guanidine groups is 1. The molecule has 1 aromatic rings. The summed E-state index contributed by atoms with van der Waals surface area (Å²) in [5, 5.41) is 5.58. The SMILES string of the molecule is CN=C(NCCC(F)(F)F)NCc1ccc(C)c(OC)c1. The smallest absolute Gasteiger partial charge is 0.390 e. The van der Waals surface area contributed by atoms with E-state index in [0.29, 0.717) is 12.5 Å². The zero-order chi connectivity index (χ0) is 15.9. The number of aliphatic imine (C=N–C) groups is 1. The van der Waals surface area contributed by atoms with Crippen LogP contribution in [0.5, 0.6) is 5.75 Å². The van der Waals surface area contributed by atoms with Gasteiger partial charge in [-0.25, -0.2) is 0 Å². The van der Waals surface area contributed by atoms with Crippen LogP contribution in [-0.4, -0.2) is 32.8 Å². The van der Waals surface area contributed by atoms with Gasteiger partial charge in [0.2, 0.25) is 0 Å². The minimum atomic E-state index is -4.17. The van der Waals surface area contributed by atoms with Gasteiger partial charge in [0.25, 0.3) is 0 Å². The molecule has 0 fully saturated rings.